The standard InChI is InChI=1S/C62H39NO2/c1-4-16-40(17-5-1)41-30-32-42(33-31-41)43-34-36-48(37-35-43)63(55-28-14-26-51-57-49-24-12-10-22-46(49)38-53(61(57)64-59(51)55)44-18-6-2-7-19-44)56-29-15-27-52-58-50-25-13-11-23-47(50)39-54(62(58)65-60(52)56)45-20-8-3-9-21-45/h1-39H. The Bertz CT molecular complexity index is 3710. The normalized spacial score (nSPS) is 11.7. The number of anilines is 3. The van der Waals surface area contributed by atoms with Crippen molar-refractivity contribution in [2.45, 2.75) is 0 Å². The third kappa shape index (κ3) is 6.05. The second kappa shape index (κ2) is 15.0. The molecule has 13 rings (SSSR count). The third-order valence-corrected chi connectivity index (χ3v) is 13.0. The lowest BCUT2D eigenvalue weighted by molar-refractivity contribution is 0.667. The molecule has 0 atom stereocenters. The summed E-state index contributed by atoms with van der Waals surface area (Å²) in [6.07, 6.45) is 0. The first-order valence-electron chi connectivity index (χ1n) is 22.2. The second-order valence-electron chi connectivity index (χ2n) is 16.8. The van der Waals surface area contributed by atoms with E-state index < -0.39 is 0 Å². The molecule has 2 aromatic heterocycles. The number of benzene rings is 11. The summed E-state index contributed by atoms with van der Waals surface area (Å²) in [5, 5.41) is 8.98. The second-order valence-corrected chi connectivity index (χ2v) is 16.8. The van der Waals surface area contributed by atoms with Gasteiger partial charge in [-0.1, -0.05) is 200 Å². The highest BCUT2D eigenvalue weighted by Gasteiger charge is 2.26. The molecule has 0 aliphatic rings. The van der Waals surface area contributed by atoms with E-state index in [1.807, 2.05) is 0 Å². The van der Waals surface area contributed by atoms with Gasteiger partial charge in [0.05, 0.1) is 11.4 Å². The number of rotatable bonds is 7. The number of fused-ring (bicyclic) bond motifs is 10. The van der Waals surface area contributed by atoms with Crippen molar-refractivity contribution in [1.29, 1.82) is 0 Å². The van der Waals surface area contributed by atoms with Crippen LogP contribution in [0.15, 0.2) is 245 Å². The molecule has 0 fully saturated rings. The molecule has 0 aliphatic heterocycles. The van der Waals surface area contributed by atoms with Crippen LogP contribution in [-0.4, -0.2) is 0 Å². The van der Waals surface area contributed by atoms with E-state index in [-0.39, 0.29) is 0 Å². The van der Waals surface area contributed by atoms with Crippen molar-refractivity contribution in [2.24, 2.45) is 0 Å². The fourth-order valence-corrected chi connectivity index (χ4v) is 9.98. The van der Waals surface area contributed by atoms with Crippen LogP contribution in [0.25, 0.3) is 110 Å². The van der Waals surface area contributed by atoms with Gasteiger partial charge in [-0.3, -0.25) is 0 Å². The van der Waals surface area contributed by atoms with Gasteiger partial charge in [-0.2, -0.15) is 0 Å². The van der Waals surface area contributed by atoms with Crippen molar-refractivity contribution < 1.29 is 8.83 Å². The maximum atomic E-state index is 7.28. The van der Waals surface area contributed by atoms with Crippen molar-refractivity contribution in [3.05, 3.63) is 237 Å². The first-order valence-corrected chi connectivity index (χ1v) is 22.2. The molecule has 13 aromatic rings. The average molecular weight is 830 g/mol. The van der Waals surface area contributed by atoms with Crippen molar-refractivity contribution in [2.75, 3.05) is 4.90 Å². The maximum absolute atomic E-state index is 7.28. The van der Waals surface area contributed by atoms with Crippen LogP contribution in [0.1, 0.15) is 0 Å². The minimum Gasteiger partial charge on any atom is -0.453 e. The van der Waals surface area contributed by atoms with E-state index in [4.69, 9.17) is 8.83 Å². The minimum absolute atomic E-state index is 0.806. The number of nitrogens with zero attached hydrogens (tertiary/aromatic N) is 1. The Hall–Kier alpha value is -8.66. The van der Waals surface area contributed by atoms with Gasteiger partial charge in [0.25, 0.3) is 0 Å². The highest BCUT2D eigenvalue weighted by atomic mass is 16.3. The molecule has 0 radical (unpaired) electrons. The van der Waals surface area contributed by atoms with Gasteiger partial charge >= 0.3 is 0 Å². The molecule has 0 amide bonds. The van der Waals surface area contributed by atoms with E-state index in [0.29, 0.717) is 0 Å². The largest absolute Gasteiger partial charge is 0.453 e. The molecule has 3 heteroatoms. The molecule has 0 N–H and O–H groups in total. The predicted molar refractivity (Wildman–Crippen MR) is 272 cm³/mol. The van der Waals surface area contributed by atoms with Crippen molar-refractivity contribution in [3.8, 4) is 44.5 Å². The summed E-state index contributed by atoms with van der Waals surface area (Å²) in [7, 11) is 0. The van der Waals surface area contributed by atoms with E-state index in [0.717, 1.165) is 105 Å². The smallest absolute Gasteiger partial charge is 0.159 e. The zero-order valence-electron chi connectivity index (χ0n) is 35.3. The van der Waals surface area contributed by atoms with Gasteiger partial charge in [-0.15, -0.1) is 0 Å². The zero-order valence-corrected chi connectivity index (χ0v) is 35.3. The third-order valence-electron chi connectivity index (χ3n) is 13.0. The molecule has 0 bridgehead atoms. The summed E-state index contributed by atoms with van der Waals surface area (Å²) in [6, 6.07) is 84.3. The van der Waals surface area contributed by atoms with E-state index in [1.54, 1.807) is 0 Å². The van der Waals surface area contributed by atoms with Crippen LogP contribution in [0.4, 0.5) is 17.1 Å². The topological polar surface area (TPSA) is 29.5 Å². The molecule has 0 unspecified atom stereocenters. The Morgan fingerprint density at radius 2 is 0.615 bits per heavy atom. The molecular formula is C62H39NO2. The van der Waals surface area contributed by atoms with E-state index in [2.05, 4.69) is 241 Å². The summed E-state index contributed by atoms with van der Waals surface area (Å²) in [4.78, 5) is 2.33. The molecule has 3 nitrogen and oxygen atoms in total. The SMILES string of the molecule is c1ccc(-c2ccc(-c3ccc(N(c4cccc5c4oc4c(-c6ccccc6)cc6ccccc6c45)c4cccc5c4oc4c(-c6ccccc6)cc6ccccc6c45)cc3)cc2)cc1. The Kier molecular flexibility index (Phi) is 8.53. The molecule has 0 saturated heterocycles. The monoisotopic (exact) mass is 829 g/mol. The molecule has 2 heterocycles. The Balaban J connectivity index is 1.07. The highest BCUT2D eigenvalue weighted by Crippen LogP contribution is 2.50. The van der Waals surface area contributed by atoms with Crippen molar-refractivity contribution in [1.82, 2.24) is 0 Å². The highest BCUT2D eigenvalue weighted by molar-refractivity contribution is 6.26. The van der Waals surface area contributed by atoms with Crippen LogP contribution in [-0.2, 0) is 0 Å². The summed E-state index contributed by atoms with van der Waals surface area (Å²) < 4.78 is 14.6. The van der Waals surface area contributed by atoms with Crippen LogP contribution in [0.5, 0.6) is 0 Å². The van der Waals surface area contributed by atoms with Gasteiger partial charge in [0.2, 0.25) is 0 Å². The number of para-hydroxylation sites is 2. The molecule has 65 heavy (non-hydrogen) atoms. The number of hydrogen-bond donors (Lipinski definition) is 0. The first kappa shape index (κ1) is 36.9. The molecular weight excluding hydrogens is 791 g/mol. The predicted octanol–water partition coefficient (Wildman–Crippen LogP) is 17.9. The van der Waals surface area contributed by atoms with Crippen molar-refractivity contribution in [3.63, 3.8) is 0 Å². The Labute approximate surface area is 375 Å². The van der Waals surface area contributed by atoms with Gasteiger partial charge in [0, 0.05) is 38.4 Å². The average Bonchev–Trinajstić information content (AvgIpc) is 3.98. The van der Waals surface area contributed by atoms with Crippen LogP contribution < -0.4 is 4.90 Å². The first-order chi connectivity index (χ1) is 32.2. The number of furan rings is 2. The molecule has 11 aromatic carbocycles. The Morgan fingerprint density at radius 3 is 1.06 bits per heavy atom. The van der Waals surface area contributed by atoms with Crippen LogP contribution in [0.3, 0.4) is 0 Å². The molecule has 0 saturated carbocycles. The van der Waals surface area contributed by atoms with Crippen LogP contribution >= 0.6 is 0 Å². The molecule has 0 aliphatic carbocycles. The Morgan fingerprint density at radius 1 is 0.262 bits per heavy atom. The van der Waals surface area contributed by atoms with Gasteiger partial charge in [0.1, 0.15) is 11.2 Å². The lowest BCUT2D eigenvalue weighted by Crippen LogP contribution is -2.10. The minimum atomic E-state index is 0.806. The lowest BCUT2D eigenvalue weighted by atomic mass is 9.96. The lowest BCUT2D eigenvalue weighted by Gasteiger charge is -2.25. The summed E-state index contributed by atoms with van der Waals surface area (Å²) in [5.41, 5.74) is 15.2. The summed E-state index contributed by atoms with van der Waals surface area (Å²) in [5.74, 6) is 0. The summed E-state index contributed by atoms with van der Waals surface area (Å²) in [6.45, 7) is 0. The fourth-order valence-electron chi connectivity index (χ4n) is 9.98. The fraction of sp³-hybridized carbons (Fsp3) is 0. The van der Waals surface area contributed by atoms with E-state index in [9.17, 15) is 0 Å². The van der Waals surface area contributed by atoms with E-state index >= 15 is 0 Å². The van der Waals surface area contributed by atoms with Crippen LogP contribution in [0.2, 0.25) is 0 Å². The summed E-state index contributed by atoms with van der Waals surface area (Å²) >= 11 is 0. The van der Waals surface area contributed by atoms with Crippen LogP contribution in [0, 0.1) is 0 Å². The maximum Gasteiger partial charge on any atom is 0.159 e. The molecule has 0 spiro atoms. The van der Waals surface area contributed by atoms with Gasteiger partial charge in [-0.25, -0.2) is 0 Å². The van der Waals surface area contributed by atoms with Gasteiger partial charge in [0.15, 0.2) is 11.2 Å². The van der Waals surface area contributed by atoms with E-state index in [1.165, 1.54) is 21.9 Å². The molecule has 304 valence electrons. The van der Waals surface area contributed by atoms with Crippen molar-refractivity contribution >= 4 is 82.5 Å². The van der Waals surface area contributed by atoms with Gasteiger partial charge < -0.3 is 13.7 Å². The number of hydrogen-bond acceptors (Lipinski definition) is 3. The quantitative estimate of drug-likeness (QED) is 0.160. The van der Waals surface area contributed by atoms with Gasteiger partial charge in [-0.05, 0) is 91.3 Å². The zero-order chi connectivity index (χ0) is 42.8.